The van der Waals surface area contributed by atoms with E-state index in [-0.39, 0.29) is 11.9 Å². The van der Waals surface area contributed by atoms with Crippen molar-refractivity contribution < 1.29 is 4.79 Å². The van der Waals surface area contributed by atoms with Gasteiger partial charge in [0.05, 0.1) is 5.69 Å². The molecule has 2 aliphatic rings. The highest BCUT2D eigenvalue weighted by atomic mass is 32.1. The average Bonchev–Trinajstić information content (AvgIpc) is 3.25. The van der Waals surface area contributed by atoms with E-state index in [1.165, 1.54) is 36.3 Å². The summed E-state index contributed by atoms with van der Waals surface area (Å²) < 4.78 is 0. The summed E-state index contributed by atoms with van der Waals surface area (Å²) >= 11 is 1.66. The fourth-order valence-electron chi connectivity index (χ4n) is 3.74. The third kappa shape index (κ3) is 3.23. The molecule has 5 heteroatoms. The van der Waals surface area contributed by atoms with Gasteiger partial charge in [-0.2, -0.15) is 0 Å². The standard InChI is InChI=1S/C19H23N3OS/c23-18(21-19-20-15-10-4-5-11-16(15)24-19)17(22-12-6-7-13-22)14-8-2-1-3-9-14/h1-3,8-9,17H,4-7,10-13H2,(H,20,21,23). The summed E-state index contributed by atoms with van der Waals surface area (Å²) in [6, 6.07) is 9.90. The molecule has 0 bridgehead atoms. The molecule has 0 spiro atoms. The minimum absolute atomic E-state index is 0.0502. The number of fused-ring (bicyclic) bond motifs is 1. The Morgan fingerprint density at radius 1 is 1.08 bits per heavy atom. The summed E-state index contributed by atoms with van der Waals surface area (Å²) in [6.07, 6.45) is 6.95. The molecule has 1 saturated heterocycles. The zero-order valence-electron chi connectivity index (χ0n) is 13.8. The van der Waals surface area contributed by atoms with Gasteiger partial charge >= 0.3 is 0 Å². The summed E-state index contributed by atoms with van der Waals surface area (Å²) in [5.41, 5.74) is 2.26. The number of aryl methyl sites for hydroxylation is 2. The number of nitrogens with one attached hydrogen (secondary N) is 1. The molecule has 4 nitrogen and oxygen atoms in total. The van der Waals surface area contributed by atoms with Gasteiger partial charge in [0.25, 0.3) is 0 Å². The van der Waals surface area contributed by atoms with Crippen LogP contribution in [0.2, 0.25) is 0 Å². The van der Waals surface area contributed by atoms with Crippen LogP contribution in [-0.4, -0.2) is 28.9 Å². The van der Waals surface area contributed by atoms with Gasteiger partial charge in [0, 0.05) is 4.88 Å². The molecule has 1 N–H and O–H groups in total. The van der Waals surface area contributed by atoms with Crippen LogP contribution in [-0.2, 0) is 17.6 Å². The van der Waals surface area contributed by atoms with Crippen LogP contribution >= 0.6 is 11.3 Å². The van der Waals surface area contributed by atoms with E-state index < -0.39 is 0 Å². The van der Waals surface area contributed by atoms with Gasteiger partial charge in [-0.1, -0.05) is 30.3 Å². The summed E-state index contributed by atoms with van der Waals surface area (Å²) in [4.78, 5) is 21.3. The Labute approximate surface area is 146 Å². The first-order valence-corrected chi connectivity index (χ1v) is 9.71. The van der Waals surface area contributed by atoms with Crippen molar-refractivity contribution in [1.29, 1.82) is 0 Å². The molecule has 126 valence electrons. The summed E-state index contributed by atoms with van der Waals surface area (Å²) in [5.74, 6) is 0.0502. The Kier molecular flexibility index (Phi) is 4.63. The Bertz CT molecular complexity index is 683. The van der Waals surface area contributed by atoms with E-state index in [0.717, 1.165) is 36.6 Å². The quantitative estimate of drug-likeness (QED) is 0.920. The zero-order valence-corrected chi connectivity index (χ0v) is 14.6. The lowest BCUT2D eigenvalue weighted by molar-refractivity contribution is -0.121. The maximum absolute atomic E-state index is 13.0. The van der Waals surface area contributed by atoms with E-state index in [1.807, 2.05) is 18.2 Å². The second-order valence-electron chi connectivity index (χ2n) is 6.64. The van der Waals surface area contributed by atoms with Gasteiger partial charge in [-0.25, -0.2) is 4.98 Å². The van der Waals surface area contributed by atoms with Crippen LogP contribution < -0.4 is 5.32 Å². The number of nitrogens with zero attached hydrogens (tertiary/aromatic N) is 2. The minimum atomic E-state index is -0.213. The highest BCUT2D eigenvalue weighted by Gasteiger charge is 2.30. The van der Waals surface area contributed by atoms with Crippen molar-refractivity contribution in [2.75, 3.05) is 18.4 Å². The van der Waals surface area contributed by atoms with Gasteiger partial charge in [-0.3, -0.25) is 9.69 Å². The SMILES string of the molecule is O=C(Nc1nc2c(s1)CCCC2)C(c1ccccc1)N1CCCC1. The van der Waals surface area contributed by atoms with E-state index >= 15 is 0 Å². The monoisotopic (exact) mass is 341 g/mol. The molecule has 2 aromatic rings. The van der Waals surface area contributed by atoms with Crippen molar-refractivity contribution in [3.05, 3.63) is 46.5 Å². The van der Waals surface area contributed by atoms with Crippen LogP contribution in [0.15, 0.2) is 30.3 Å². The van der Waals surface area contributed by atoms with Crippen LogP contribution in [0.25, 0.3) is 0 Å². The first kappa shape index (κ1) is 15.8. The van der Waals surface area contributed by atoms with Crippen LogP contribution in [0.5, 0.6) is 0 Å². The molecule has 1 atom stereocenters. The van der Waals surface area contributed by atoms with E-state index in [0.29, 0.717) is 0 Å². The molecule has 1 aromatic heterocycles. The molecule has 1 unspecified atom stereocenters. The topological polar surface area (TPSA) is 45.2 Å². The number of hydrogen-bond acceptors (Lipinski definition) is 4. The van der Waals surface area contributed by atoms with Crippen molar-refractivity contribution in [1.82, 2.24) is 9.88 Å². The molecule has 0 radical (unpaired) electrons. The Morgan fingerprint density at radius 2 is 1.83 bits per heavy atom. The Balaban J connectivity index is 1.56. The smallest absolute Gasteiger partial charge is 0.248 e. The first-order chi connectivity index (χ1) is 11.8. The third-order valence-electron chi connectivity index (χ3n) is 4.95. The molecular weight excluding hydrogens is 318 g/mol. The maximum atomic E-state index is 13.0. The predicted octanol–water partition coefficient (Wildman–Crippen LogP) is 3.80. The third-order valence-corrected chi connectivity index (χ3v) is 6.02. The molecule has 1 amide bonds. The fraction of sp³-hybridized carbons (Fsp3) is 0.474. The average molecular weight is 341 g/mol. The van der Waals surface area contributed by atoms with Crippen LogP contribution in [0.4, 0.5) is 5.13 Å². The second kappa shape index (κ2) is 7.03. The van der Waals surface area contributed by atoms with Gasteiger partial charge in [0.1, 0.15) is 6.04 Å². The van der Waals surface area contributed by atoms with Crippen molar-refractivity contribution in [2.24, 2.45) is 0 Å². The Hall–Kier alpha value is -1.72. The van der Waals surface area contributed by atoms with Crippen molar-refractivity contribution in [3.8, 4) is 0 Å². The number of hydrogen-bond donors (Lipinski definition) is 1. The molecule has 24 heavy (non-hydrogen) atoms. The van der Waals surface area contributed by atoms with Gasteiger partial charge in [-0.15, -0.1) is 11.3 Å². The summed E-state index contributed by atoms with van der Waals surface area (Å²) in [6.45, 7) is 1.97. The number of carbonyl (C=O) groups is 1. The molecule has 4 rings (SSSR count). The van der Waals surface area contributed by atoms with E-state index in [2.05, 4.69) is 27.3 Å². The summed E-state index contributed by atoms with van der Waals surface area (Å²) in [7, 11) is 0. The fourth-order valence-corrected chi connectivity index (χ4v) is 4.80. The highest BCUT2D eigenvalue weighted by molar-refractivity contribution is 7.15. The van der Waals surface area contributed by atoms with E-state index in [1.54, 1.807) is 11.3 Å². The van der Waals surface area contributed by atoms with E-state index in [9.17, 15) is 4.79 Å². The predicted molar refractivity (Wildman–Crippen MR) is 97.4 cm³/mol. The minimum Gasteiger partial charge on any atom is -0.300 e. The molecule has 1 aliphatic carbocycles. The number of anilines is 1. The van der Waals surface area contributed by atoms with Gasteiger partial charge < -0.3 is 5.32 Å². The van der Waals surface area contributed by atoms with E-state index in [4.69, 9.17) is 0 Å². The van der Waals surface area contributed by atoms with Crippen LogP contribution in [0.1, 0.15) is 47.9 Å². The van der Waals surface area contributed by atoms with Crippen LogP contribution in [0.3, 0.4) is 0 Å². The largest absolute Gasteiger partial charge is 0.300 e. The zero-order chi connectivity index (χ0) is 16.4. The molecule has 2 heterocycles. The van der Waals surface area contributed by atoms with Crippen molar-refractivity contribution in [3.63, 3.8) is 0 Å². The van der Waals surface area contributed by atoms with Crippen LogP contribution in [0, 0.1) is 0 Å². The lowest BCUT2D eigenvalue weighted by atomic mass is 10.0. The molecule has 1 aliphatic heterocycles. The lowest BCUT2D eigenvalue weighted by Crippen LogP contribution is -2.35. The first-order valence-electron chi connectivity index (χ1n) is 8.90. The van der Waals surface area contributed by atoms with Crippen molar-refractivity contribution in [2.45, 2.75) is 44.6 Å². The number of likely N-dealkylation sites (tertiary alicyclic amines) is 1. The second-order valence-corrected chi connectivity index (χ2v) is 7.73. The molecular formula is C19H23N3OS. The number of aromatic nitrogens is 1. The molecule has 1 aromatic carbocycles. The number of carbonyl (C=O) groups excluding carboxylic acids is 1. The van der Waals surface area contributed by atoms with Gasteiger partial charge in [0.15, 0.2) is 5.13 Å². The molecule has 0 saturated carbocycles. The van der Waals surface area contributed by atoms with Gasteiger partial charge in [-0.05, 0) is 57.2 Å². The highest BCUT2D eigenvalue weighted by Crippen LogP contribution is 2.31. The Morgan fingerprint density at radius 3 is 2.58 bits per heavy atom. The number of rotatable bonds is 4. The number of thiazole rings is 1. The summed E-state index contributed by atoms with van der Waals surface area (Å²) in [5, 5.41) is 3.87. The normalized spacial score (nSPS) is 19.0. The molecule has 1 fully saturated rings. The number of amides is 1. The van der Waals surface area contributed by atoms with Gasteiger partial charge in [0.2, 0.25) is 5.91 Å². The number of benzene rings is 1. The lowest BCUT2D eigenvalue weighted by Gasteiger charge is -2.26. The van der Waals surface area contributed by atoms with Crippen molar-refractivity contribution >= 4 is 22.4 Å². The maximum Gasteiger partial charge on any atom is 0.248 e.